The molecule has 0 aromatic heterocycles. The van der Waals surface area contributed by atoms with Gasteiger partial charge in [-0.2, -0.15) is 0 Å². The Hall–Kier alpha value is -0.570. The lowest BCUT2D eigenvalue weighted by Gasteiger charge is -2.33. The Balaban J connectivity index is 0.00000338. The van der Waals surface area contributed by atoms with Crippen LogP contribution < -0.4 is 5.32 Å². The van der Waals surface area contributed by atoms with E-state index in [-0.39, 0.29) is 29.9 Å². The van der Waals surface area contributed by atoms with E-state index < -0.39 is 0 Å². The zero-order valence-electron chi connectivity index (χ0n) is 16.7. The number of guanidine groups is 1. The van der Waals surface area contributed by atoms with Crippen LogP contribution in [0.3, 0.4) is 0 Å². The lowest BCUT2D eigenvalue weighted by atomic mass is 9.96. The Bertz CT molecular complexity index is 441. The van der Waals surface area contributed by atoms with Crippen molar-refractivity contribution in [2.75, 3.05) is 46.9 Å². The number of nitrogens with one attached hydrogen (secondary N) is 1. The van der Waals surface area contributed by atoms with E-state index in [0.717, 1.165) is 51.0 Å². The Morgan fingerprint density at radius 3 is 2.65 bits per heavy atom. The molecule has 152 valence electrons. The molecule has 1 amide bonds. The quantitative estimate of drug-likeness (QED) is 0.361. The minimum atomic E-state index is 0. The van der Waals surface area contributed by atoms with Crippen LogP contribution in [0.5, 0.6) is 0 Å². The summed E-state index contributed by atoms with van der Waals surface area (Å²) in [5.41, 5.74) is 0. The number of piperidine rings is 1. The highest BCUT2D eigenvalue weighted by Gasteiger charge is 2.22. The number of amides is 1. The summed E-state index contributed by atoms with van der Waals surface area (Å²) in [5, 5.41) is 3.35. The predicted molar refractivity (Wildman–Crippen MR) is 117 cm³/mol. The maximum Gasteiger partial charge on any atom is 0.224 e. The highest BCUT2D eigenvalue weighted by atomic mass is 127. The van der Waals surface area contributed by atoms with E-state index >= 15 is 0 Å². The highest BCUT2D eigenvalue weighted by Crippen LogP contribution is 2.19. The fraction of sp³-hybridized carbons (Fsp3) is 0.895. The molecule has 2 heterocycles. The van der Waals surface area contributed by atoms with Crippen molar-refractivity contribution in [3.05, 3.63) is 0 Å². The van der Waals surface area contributed by atoms with Crippen LogP contribution in [0, 0.1) is 5.92 Å². The van der Waals surface area contributed by atoms with Crippen molar-refractivity contribution in [2.24, 2.45) is 10.9 Å². The van der Waals surface area contributed by atoms with E-state index in [1.54, 1.807) is 0 Å². The first-order chi connectivity index (χ1) is 12.1. The number of halogens is 1. The molecule has 2 saturated heterocycles. The zero-order chi connectivity index (χ0) is 18.1. The standard InChI is InChI=1S/C19H36N4O2.HI/c1-16-6-4-5-12-23(16)18(24)7-11-21-19(20-2)22(3)13-8-17-9-14-25-15-10-17;/h16-17H,4-15H2,1-3H3,(H,20,21);1H. The molecular weight excluding hydrogens is 443 g/mol. The van der Waals surface area contributed by atoms with Gasteiger partial charge in [-0.1, -0.05) is 0 Å². The summed E-state index contributed by atoms with van der Waals surface area (Å²) in [6.07, 6.45) is 7.57. The van der Waals surface area contributed by atoms with Gasteiger partial charge in [-0.15, -0.1) is 24.0 Å². The average Bonchev–Trinajstić information content (AvgIpc) is 2.64. The molecule has 7 heteroatoms. The Morgan fingerprint density at radius 1 is 1.27 bits per heavy atom. The highest BCUT2D eigenvalue weighted by molar-refractivity contribution is 14.0. The maximum absolute atomic E-state index is 12.4. The first kappa shape index (κ1) is 23.5. The third-order valence-corrected chi connectivity index (χ3v) is 5.53. The van der Waals surface area contributed by atoms with Gasteiger partial charge < -0.3 is 19.9 Å². The first-order valence-corrected chi connectivity index (χ1v) is 9.90. The number of carbonyl (C=O) groups excluding carboxylic acids is 1. The van der Waals surface area contributed by atoms with Crippen molar-refractivity contribution < 1.29 is 9.53 Å². The maximum atomic E-state index is 12.4. The third-order valence-electron chi connectivity index (χ3n) is 5.53. The zero-order valence-corrected chi connectivity index (χ0v) is 19.0. The minimum absolute atomic E-state index is 0. The molecule has 0 aromatic carbocycles. The van der Waals surface area contributed by atoms with E-state index in [1.807, 2.05) is 11.9 Å². The van der Waals surface area contributed by atoms with E-state index in [1.165, 1.54) is 25.7 Å². The van der Waals surface area contributed by atoms with Crippen molar-refractivity contribution >= 4 is 35.8 Å². The number of rotatable bonds is 6. The normalized spacial score (nSPS) is 21.9. The molecule has 0 bridgehead atoms. The van der Waals surface area contributed by atoms with Crippen LogP contribution in [-0.4, -0.2) is 74.7 Å². The summed E-state index contributed by atoms with van der Waals surface area (Å²) >= 11 is 0. The van der Waals surface area contributed by atoms with Crippen LogP contribution in [0.2, 0.25) is 0 Å². The molecule has 2 aliphatic heterocycles. The number of likely N-dealkylation sites (tertiary alicyclic amines) is 1. The smallest absolute Gasteiger partial charge is 0.224 e. The van der Waals surface area contributed by atoms with Gasteiger partial charge in [0.25, 0.3) is 0 Å². The second-order valence-corrected chi connectivity index (χ2v) is 7.42. The van der Waals surface area contributed by atoms with Crippen LogP contribution >= 0.6 is 24.0 Å². The fourth-order valence-corrected chi connectivity index (χ4v) is 3.80. The molecule has 1 atom stereocenters. The summed E-state index contributed by atoms with van der Waals surface area (Å²) in [7, 11) is 3.88. The number of hydrogen-bond donors (Lipinski definition) is 1. The van der Waals surface area contributed by atoms with Crippen LogP contribution in [0.15, 0.2) is 4.99 Å². The van der Waals surface area contributed by atoms with E-state index in [2.05, 4.69) is 29.2 Å². The molecule has 0 aliphatic carbocycles. The van der Waals surface area contributed by atoms with Crippen molar-refractivity contribution in [1.82, 2.24) is 15.1 Å². The molecule has 1 unspecified atom stereocenters. The Kier molecular flexibility index (Phi) is 11.5. The van der Waals surface area contributed by atoms with Gasteiger partial charge in [-0.3, -0.25) is 9.79 Å². The summed E-state index contributed by atoms with van der Waals surface area (Å²) in [6.45, 7) is 6.52. The monoisotopic (exact) mass is 480 g/mol. The van der Waals surface area contributed by atoms with Gasteiger partial charge in [0.2, 0.25) is 5.91 Å². The molecular formula is C19H37IN4O2. The number of carbonyl (C=O) groups is 1. The van der Waals surface area contributed by atoms with Gasteiger partial charge in [-0.25, -0.2) is 0 Å². The Labute approximate surface area is 176 Å². The summed E-state index contributed by atoms with van der Waals surface area (Å²) in [5.74, 6) is 1.91. The number of nitrogens with zero attached hydrogens (tertiary/aromatic N) is 3. The van der Waals surface area contributed by atoms with Crippen molar-refractivity contribution in [1.29, 1.82) is 0 Å². The largest absolute Gasteiger partial charge is 0.381 e. The molecule has 2 aliphatic rings. The number of hydrogen-bond acceptors (Lipinski definition) is 3. The predicted octanol–water partition coefficient (Wildman–Crippen LogP) is 2.72. The second kappa shape index (κ2) is 12.8. The lowest BCUT2D eigenvalue weighted by molar-refractivity contribution is -0.134. The molecule has 6 nitrogen and oxygen atoms in total. The van der Waals surface area contributed by atoms with E-state index in [9.17, 15) is 4.79 Å². The van der Waals surface area contributed by atoms with Crippen molar-refractivity contribution in [2.45, 2.75) is 57.9 Å². The number of aliphatic imine (C=N–C) groups is 1. The lowest BCUT2D eigenvalue weighted by Crippen LogP contribution is -2.45. The van der Waals surface area contributed by atoms with Crippen LogP contribution in [0.4, 0.5) is 0 Å². The van der Waals surface area contributed by atoms with Crippen LogP contribution in [0.25, 0.3) is 0 Å². The van der Waals surface area contributed by atoms with Crippen molar-refractivity contribution in [3.8, 4) is 0 Å². The van der Waals surface area contributed by atoms with Gasteiger partial charge in [0.05, 0.1) is 0 Å². The van der Waals surface area contributed by atoms with Gasteiger partial charge >= 0.3 is 0 Å². The fourth-order valence-electron chi connectivity index (χ4n) is 3.80. The second-order valence-electron chi connectivity index (χ2n) is 7.42. The summed E-state index contributed by atoms with van der Waals surface area (Å²) in [4.78, 5) is 21.0. The molecule has 0 radical (unpaired) electrons. The van der Waals surface area contributed by atoms with Gasteiger partial charge in [0, 0.05) is 59.4 Å². The SMILES string of the molecule is CN=C(NCCC(=O)N1CCCCC1C)N(C)CCC1CCOCC1.I. The Morgan fingerprint density at radius 2 is 2.00 bits per heavy atom. The van der Waals surface area contributed by atoms with Crippen molar-refractivity contribution in [3.63, 3.8) is 0 Å². The van der Waals surface area contributed by atoms with Crippen LogP contribution in [0.1, 0.15) is 51.9 Å². The molecule has 0 aromatic rings. The summed E-state index contributed by atoms with van der Waals surface area (Å²) in [6, 6.07) is 0.391. The number of ether oxygens (including phenoxy) is 1. The molecule has 0 spiro atoms. The molecule has 26 heavy (non-hydrogen) atoms. The van der Waals surface area contributed by atoms with Crippen LogP contribution in [-0.2, 0) is 9.53 Å². The summed E-state index contributed by atoms with van der Waals surface area (Å²) < 4.78 is 5.42. The van der Waals surface area contributed by atoms with E-state index in [0.29, 0.717) is 19.0 Å². The topological polar surface area (TPSA) is 57.2 Å². The molecule has 2 fully saturated rings. The van der Waals surface area contributed by atoms with E-state index in [4.69, 9.17) is 4.74 Å². The third kappa shape index (κ3) is 7.58. The average molecular weight is 480 g/mol. The van der Waals surface area contributed by atoms with Gasteiger partial charge in [-0.05, 0) is 51.4 Å². The molecule has 1 N–H and O–H groups in total. The first-order valence-electron chi connectivity index (χ1n) is 9.90. The minimum Gasteiger partial charge on any atom is -0.381 e. The van der Waals surface area contributed by atoms with Gasteiger partial charge in [0.15, 0.2) is 5.96 Å². The van der Waals surface area contributed by atoms with Gasteiger partial charge in [0.1, 0.15) is 0 Å². The molecule has 0 saturated carbocycles. The molecule has 2 rings (SSSR count).